The number of hydrogen-bond acceptors (Lipinski definition) is 2. The first kappa shape index (κ1) is 8.50. The van der Waals surface area contributed by atoms with Gasteiger partial charge < -0.3 is 10.5 Å². The summed E-state index contributed by atoms with van der Waals surface area (Å²) in [7, 11) is 1.65. The van der Waals surface area contributed by atoms with E-state index in [-0.39, 0.29) is 6.04 Å². The van der Waals surface area contributed by atoms with E-state index in [9.17, 15) is 0 Å². The smallest absolute Gasteiger partial charge is 0.0900 e. The van der Waals surface area contributed by atoms with E-state index in [1.54, 1.807) is 7.11 Å². The minimum absolute atomic E-state index is 0.143. The number of allylic oxidation sites excluding steroid dienone is 1. The zero-order chi connectivity index (χ0) is 7.28. The molecule has 0 rings (SSSR count). The summed E-state index contributed by atoms with van der Waals surface area (Å²) in [6.07, 6.45) is 2.88. The second-order valence-electron chi connectivity index (χ2n) is 2.05. The van der Waals surface area contributed by atoms with Crippen LogP contribution in [0.3, 0.4) is 0 Å². The Bertz CT molecular complexity index is 99.1. The molecule has 1 unspecified atom stereocenters. The lowest BCUT2D eigenvalue weighted by Gasteiger charge is -2.03. The number of ether oxygens (including phenoxy) is 1. The van der Waals surface area contributed by atoms with Gasteiger partial charge in [-0.25, -0.2) is 0 Å². The molecule has 0 radical (unpaired) electrons. The van der Waals surface area contributed by atoms with Crippen molar-refractivity contribution in [1.82, 2.24) is 0 Å². The van der Waals surface area contributed by atoms with Crippen molar-refractivity contribution in [3.05, 3.63) is 11.8 Å². The molecule has 54 valence electrons. The third-order valence-corrected chi connectivity index (χ3v) is 1.24. The molecule has 0 aromatic rings. The van der Waals surface area contributed by atoms with Gasteiger partial charge in [-0.05, 0) is 19.4 Å². The SMILES string of the molecule is CCC(N)/C=C(/C)OC. The summed E-state index contributed by atoms with van der Waals surface area (Å²) in [4.78, 5) is 0. The summed E-state index contributed by atoms with van der Waals surface area (Å²) >= 11 is 0. The first-order valence-electron chi connectivity index (χ1n) is 3.18. The van der Waals surface area contributed by atoms with Crippen molar-refractivity contribution in [1.29, 1.82) is 0 Å². The van der Waals surface area contributed by atoms with E-state index < -0.39 is 0 Å². The van der Waals surface area contributed by atoms with Crippen molar-refractivity contribution in [3.63, 3.8) is 0 Å². The molecule has 0 aliphatic carbocycles. The van der Waals surface area contributed by atoms with Gasteiger partial charge in [0.25, 0.3) is 0 Å². The van der Waals surface area contributed by atoms with Gasteiger partial charge in [0.05, 0.1) is 12.9 Å². The minimum Gasteiger partial charge on any atom is -0.502 e. The largest absolute Gasteiger partial charge is 0.502 e. The van der Waals surface area contributed by atoms with Crippen LogP contribution in [0, 0.1) is 0 Å². The Labute approximate surface area is 56.7 Å². The molecular weight excluding hydrogens is 114 g/mol. The van der Waals surface area contributed by atoms with Crippen LogP contribution >= 0.6 is 0 Å². The lowest BCUT2D eigenvalue weighted by atomic mass is 10.2. The predicted octanol–water partition coefficient (Wildman–Crippen LogP) is 1.27. The van der Waals surface area contributed by atoms with E-state index >= 15 is 0 Å². The summed E-state index contributed by atoms with van der Waals surface area (Å²) in [5.41, 5.74) is 5.59. The molecule has 0 fully saturated rings. The summed E-state index contributed by atoms with van der Waals surface area (Å²) in [5, 5.41) is 0. The third kappa shape index (κ3) is 4.03. The van der Waals surface area contributed by atoms with E-state index in [1.807, 2.05) is 19.9 Å². The zero-order valence-electron chi connectivity index (χ0n) is 6.35. The highest BCUT2D eigenvalue weighted by Gasteiger charge is 1.93. The van der Waals surface area contributed by atoms with Crippen LogP contribution in [0.25, 0.3) is 0 Å². The molecule has 0 aromatic heterocycles. The number of hydrogen-bond donors (Lipinski definition) is 1. The molecular formula is C7H15NO. The highest BCUT2D eigenvalue weighted by molar-refractivity contribution is 4.95. The molecule has 0 saturated carbocycles. The molecule has 2 heteroatoms. The molecule has 0 aromatic carbocycles. The molecule has 0 bridgehead atoms. The molecule has 1 atom stereocenters. The highest BCUT2D eigenvalue weighted by atomic mass is 16.5. The zero-order valence-corrected chi connectivity index (χ0v) is 6.35. The fourth-order valence-electron chi connectivity index (χ4n) is 0.487. The van der Waals surface area contributed by atoms with Crippen LogP contribution in [0.15, 0.2) is 11.8 Å². The van der Waals surface area contributed by atoms with E-state index in [4.69, 9.17) is 10.5 Å². The maximum Gasteiger partial charge on any atom is 0.0900 e. The van der Waals surface area contributed by atoms with E-state index in [2.05, 4.69) is 0 Å². The van der Waals surface area contributed by atoms with Crippen molar-refractivity contribution in [2.75, 3.05) is 7.11 Å². The summed E-state index contributed by atoms with van der Waals surface area (Å²) in [6, 6.07) is 0.143. The van der Waals surface area contributed by atoms with E-state index in [1.165, 1.54) is 0 Å². The van der Waals surface area contributed by atoms with Gasteiger partial charge in [0, 0.05) is 6.04 Å². The lowest BCUT2D eigenvalue weighted by Crippen LogP contribution is -2.15. The Morgan fingerprint density at radius 3 is 2.67 bits per heavy atom. The van der Waals surface area contributed by atoms with Crippen LogP contribution in [0.1, 0.15) is 20.3 Å². The minimum atomic E-state index is 0.143. The van der Waals surface area contributed by atoms with Crippen molar-refractivity contribution >= 4 is 0 Å². The average molecular weight is 129 g/mol. The molecule has 0 heterocycles. The fraction of sp³-hybridized carbons (Fsp3) is 0.714. The van der Waals surface area contributed by atoms with E-state index in [0.29, 0.717) is 0 Å². The van der Waals surface area contributed by atoms with E-state index in [0.717, 1.165) is 12.2 Å². The highest BCUT2D eigenvalue weighted by Crippen LogP contribution is 1.96. The quantitative estimate of drug-likeness (QED) is 0.582. The first-order valence-corrected chi connectivity index (χ1v) is 3.18. The average Bonchev–Trinajstić information content (AvgIpc) is 1.87. The Kier molecular flexibility index (Phi) is 4.14. The van der Waals surface area contributed by atoms with Crippen LogP contribution in [0.4, 0.5) is 0 Å². The maximum atomic E-state index is 5.59. The Balaban J connectivity index is 3.64. The van der Waals surface area contributed by atoms with Crippen molar-refractivity contribution in [2.45, 2.75) is 26.3 Å². The topological polar surface area (TPSA) is 35.2 Å². The van der Waals surface area contributed by atoms with Crippen LogP contribution < -0.4 is 5.73 Å². The molecule has 0 amide bonds. The van der Waals surface area contributed by atoms with Crippen molar-refractivity contribution < 1.29 is 4.74 Å². The van der Waals surface area contributed by atoms with Crippen LogP contribution in [-0.2, 0) is 4.74 Å². The second kappa shape index (κ2) is 4.39. The van der Waals surface area contributed by atoms with Gasteiger partial charge in [-0.15, -0.1) is 0 Å². The molecule has 0 aliphatic rings. The van der Waals surface area contributed by atoms with Crippen LogP contribution in [-0.4, -0.2) is 13.2 Å². The Morgan fingerprint density at radius 2 is 2.33 bits per heavy atom. The number of rotatable bonds is 3. The Morgan fingerprint density at radius 1 is 1.78 bits per heavy atom. The molecule has 2 N–H and O–H groups in total. The van der Waals surface area contributed by atoms with Crippen molar-refractivity contribution in [2.24, 2.45) is 5.73 Å². The molecule has 0 saturated heterocycles. The number of methoxy groups -OCH3 is 1. The van der Waals surface area contributed by atoms with Crippen LogP contribution in [0.2, 0.25) is 0 Å². The van der Waals surface area contributed by atoms with Gasteiger partial charge in [0.15, 0.2) is 0 Å². The van der Waals surface area contributed by atoms with Crippen molar-refractivity contribution in [3.8, 4) is 0 Å². The summed E-state index contributed by atoms with van der Waals surface area (Å²) < 4.78 is 4.90. The van der Waals surface area contributed by atoms with Crippen LogP contribution in [0.5, 0.6) is 0 Å². The normalized spacial score (nSPS) is 15.3. The van der Waals surface area contributed by atoms with Gasteiger partial charge in [-0.1, -0.05) is 6.92 Å². The third-order valence-electron chi connectivity index (χ3n) is 1.24. The monoisotopic (exact) mass is 129 g/mol. The standard InChI is InChI=1S/C7H15NO/c1-4-7(8)5-6(2)9-3/h5,7H,4,8H2,1-3H3/b6-5-. The van der Waals surface area contributed by atoms with Gasteiger partial charge in [-0.2, -0.15) is 0 Å². The maximum absolute atomic E-state index is 5.59. The first-order chi connectivity index (χ1) is 4.20. The van der Waals surface area contributed by atoms with Gasteiger partial charge in [-0.3, -0.25) is 0 Å². The molecule has 2 nitrogen and oxygen atoms in total. The summed E-state index contributed by atoms with van der Waals surface area (Å²) in [5.74, 6) is 0.893. The van der Waals surface area contributed by atoms with Gasteiger partial charge in [0.1, 0.15) is 0 Å². The molecule has 9 heavy (non-hydrogen) atoms. The molecule has 0 spiro atoms. The second-order valence-corrected chi connectivity index (χ2v) is 2.05. The summed E-state index contributed by atoms with van der Waals surface area (Å²) in [6.45, 7) is 3.94. The fourth-order valence-corrected chi connectivity index (χ4v) is 0.487. The predicted molar refractivity (Wildman–Crippen MR) is 39.0 cm³/mol. The Hall–Kier alpha value is -0.500. The van der Waals surface area contributed by atoms with Gasteiger partial charge >= 0.3 is 0 Å². The molecule has 0 aliphatic heterocycles. The van der Waals surface area contributed by atoms with Gasteiger partial charge in [0.2, 0.25) is 0 Å². The lowest BCUT2D eigenvalue weighted by molar-refractivity contribution is 0.290. The number of nitrogens with two attached hydrogens (primary N) is 1.